The largest absolute Gasteiger partial charge is 0.481 e. The van der Waals surface area contributed by atoms with Gasteiger partial charge in [0.05, 0.1) is 5.92 Å². The van der Waals surface area contributed by atoms with E-state index in [1.807, 2.05) is 6.07 Å². The standard InChI is InChI=1S/C18H16FN3O3S/c19-13-6-2-3-10(8-13)15-14(9-20)26-18(21-15)22-16(23)11-4-1-5-12(7-11)17(24)25/h2-3,6,8,11-12H,1,4-5,7H2,(H,24,25)(H,21,22,23)/t11-,12-/m1/s1. The second-order valence-electron chi connectivity index (χ2n) is 6.21. The molecule has 134 valence electrons. The number of nitrogens with zero attached hydrogens (tertiary/aromatic N) is 2. The monoisotopic (exact) mass is 373 g/mol. The predicted molar refractivity (Wildman–Crippen MR) is 93.9 cm³/mol. The Hall–Kier alpha value is -2.79. The Morgan fingerprint density at radius 3 is 2.81 bits per heavy atom. The molecule has 3 rings (SSSR count). The van der Waals surface area contributed by atoms with Gasteiger partial charge < -0.3 is 10.4 Å². The van der Waals surface area contributed by atoms with Gasteiger partial charge in [-0.2, -0.15) is 5.26 Å². The average Bonchev–Trinajstić information content (AvgIpc) is 3.04. The number of hydrogen-bond donors (Lipinski definition) is 2. The molecule has 8 heteroatoms. The number of carbonyl (C=O) groups excluding carboxylic acids is 1. The van der Waals surface area contributed by atoms with E-state index < -0.39 is 23.6 Å². The summed E-state index contributed by atoms with van der Waals surface area (Å²) in [5.41, 5.74) is 0.779. The number of rotatable bonds is 4. The van der Waals surface area contributed by atoms with Crippen LogP contribution in [0.1, 0.15) is 30.6 Å². The molecule has 0 unspecified atom stereocenters. The summed E-state index contributed by atoms with van der Waals surface area (Å²) in [6, 6.07) is 7.76. The zero-order chi connectivity index (χ0) is 18.7. The molecular weight excluding hydrogens is 357 g/mol. The van der Waals surface area contributed by atoms with Crippen LogP contribution in [-0.2, 0) is 9.59 Å². The van der Waals surface area contributed by atoms with Crippen molar-refractivity contribution in [2.75, 3.05) is 5.32 Å². The maximum absolute atomic E-state index is 13.4. The van der Waals surface area contributed by atoms with Crippen molar-refractivity contribution in [3.63, 3.8) is 0 Å². The Kier molecular flexibility index (Phi) is 5.28. The van der Waals surface area contributed by atoms with Crippen LogP contribution in [0.5, 0.6) is 0 Å². The molecule has 0 aliphatic heterocycles. The molecule has 6 nitrogen and oxygen atoms in total. The van der Waals surface area contributed by atoms with Gasteiger partial charge in [0.25, 0.3) is 0 Å². The zero-order valence-corrected chi connectivity index (χ0v) is 14.6. The third-order valence-corrected chi connectivity index (χ3v) is 5.33. The predicted octanol–water partition coefficient (Wildman–Crippen LogP) is 3.65. The van der Waals surface area contributed by atoms with Gasteiger partial charge >= 0.3 is 5.97 Å². The minimum Gasteiger partial charge on any atom is -0.481 e. The number of carbonyl (C=O) groups is 2. The van der Waals surface area contributed by atoms with Crippen LogP contribution in [0, 0.1) is 29.0 Å². The van der Waals surface area contributed by atoms with Crippen LogP contribution in [-0.4, -0.2) is 22.0 Å². The molecule has 1 aliphatic carbocycles. The number of carboxylic acids is 1. The number of aliphatic carboxylic acids is 1. The lowest BCUT2D eigenvalue weighted by Gasteiger charge is -2.25. The van der Waals surface area contributed by atoms with Crippen LogP contribution >= 0.6 is 11.3 Å². The molecule has 1 fully saturated rings. The SMILES string of the molecule is N#Cc1sc(NC(=O)[C@@H]2CCC[C@@H](C(=O)O)C2)nc1-c1cccc(F)c1. The number of benzene rings is 1. The fourth-order valence-corrected chi connectivity index (χ4v) is 3.93. The van der Waals surface area contributed by atoms with E-state index in [1.165, 1.54) is 18.2 Å². The lowest BCUT2D eigenvalue weighted by Crippen LogP contribution is -2.30. The number of nitrogens with one attached hydrogen (secondary N) is 1. The van der Waals surface area contributed by atoms with E-state index in [-0.39, 0.29) is 15.9 Å². The molecule has 0 saturated heterocycles. The van der Waals surface area contributed by atoms with E-state index >= 15 is 0 Å². The number of aromatic nitrogens is 1. The lowest BCUT2D eigenvalue weighted by molar-refractivity contribution is -0.143. The highest BCUT2D eigenvalue weighted by molar-refractivity contribution is 7.16. The van der Waals surface area contributed by atoms with Crippen molar-refractivity contribution in [2.45, 2.75) is 25.7 Å². The van der Waals surface area contributed by atoms with E-state index in [0.29, 0.717) is 36.9 Å². The second-order valence-corrected chi connectivity index (χ2v) is 7.21. The number of halogens is 1. The quantitative estimate of drug-likeness (QED) is 0.851. The van der Waals surface area contributed by atoms with Crippen molar-refractivity contribution in [1.82, 2.24) is 4.98 Å². The first-order valence-corrected chi connectivity index (χ1v) is 9.00. The van der Waals surface area contributed by atoms with Crippen LogP contribution in [0.15, 0.2) is 24.3 Å². The molecule has 2 atom stereocenters. The highest BCUT2D eigenvalue weighted by Crippen LogP contribution is 2.33. The highest BCUT2D eigenvalue weighted by Gasteiger charge is 2.31. The molecule has 1 aliphatic rings. The van der Waals surface area contributed by atoms with Crippen molar-refractivity contribution >= 4 is 28.3 Å². The minimum atomic E-state index is -0.878. The molecule has 0 radical (unpaired) electrons. The highest BCUT2D eigenvalue weighted by atomic mass is 32.1. The summed E-state index contributed by atoms with van der Waals surface area (Å²) in [6.07, 6.45) is 2.20. The van der Waals surface area contributed by atoms with Gasteiger partial charge in [-0.05, 0) is 31.4 Å². The van der Waals surface area contributed by atoms with Gasteiger partial charge in [-0.3, -0.25) is 9.59 Å². The van der Waals surface area contributed by atoms with E-state index in [1.54, 1.807) is 6.07 Å². The van der Waals surface area contributed by atoms with Crippen LogP contribution in [0.2, 0.25) is 0 Å². The Morgan fingerprint density at radius 2 is 2.12 bits per heavy atom. The molecule has 1 aromatic carbocycles. The number of anilines is 1. The van der Waals surface area contributed by atoms with Gasteiger partial charge in [0.2, 0.25) is 5.91 Å². The van der Waals surface area contributed by atoms with Crippen molar-refractivity contribution < 1.29 is 19.1 Å². The summed E-state index contributed by atoms with van der Waals surface area (Å²) in [5, 5.41) is 21.4. The first kappa shape index (κ1) is 18.0. The number of amides is 1. The van der Waals surface area contributed by atoms with Gasteiger partial charge in [0.15, 0.2) is 5.13 Å². The van der Waals surface area contributed by atoms with Crippen molar-refractivity contribution in [2.24, 2.45) is 11.8 Å². The Labute approximate surface area is 153 Å². The molecule has 1 amide bonds. The molecule has 26 heavy (non-hydrogen) atoms. The van der Waals surface area contributed by atoms with E-state index in [4.69, 9.17) is 5.11 Å². The zero-order valence-electron chi connectivity index (χ0n) is 13.7. The maximum Gasteiger partial charge on any atom is 0.306 e. The third-order valence-electron chi connectivity index (χ3n) is 4.45. The summed E-state index contributed by atoms with van der Waals surface area (Å²) in [7, 11) is 0. The summed E-state index contributed by atoms with van der Waals surface area (Å²) >= 11 is 1.02. The van der Waals surface area contributed by atoms with Gasteiger partial charge in [0.1, 0.15) is 22.5 Å². The van der Waals surface area contributed by atoms with Crippen molar-refractivity contribution in [3.8, 4) is 17.3 Å². The second kappa shape index (κ2) is 7.62. The molecule has 2 N–H and O–H groups in total. The van der Waals surface area contributed by atoms with Crippen LogP contribution in [0.4, 0.5) is 9.52 Å². The van der Waals surface area contributed by atoms with E-state index in [0.717, 1.165) is 11.3 Å². The maximum atomic E-state index is 13.4. The fraction of sp³-hybridized carbons (Fsp3) is 0.333. The molecule has 2 aromatic rings. The topological polar surface area (TPSA) is 103 Å². The van der Waals surface area contributed by atoms with Gasteiger partial charge in [-0.1, -0.05) is 29.9 Å². The summed E-state index contributed by atoms with van der Waals surface area (Å²) < 4.78 is 13.4. The smallest absolute Gasteiger partial charge is 0.306 e. The number of hydrogen-bond acceptors (Lipinski definition) is 5. The first-order valence-electron chi connectivity index (χ1n) is 8.18. The number of nitriles is 1. The molecule has 1 aromatic heterocycles. The minimum absolute atomic E-state index is 0.253. The molecular formula is C18H16FN3O3S. The van der Waals surface area contributed by atoms with Gasteiger partial charge in [-0.15, -0.1) is 0 Å². The van der Waals surface area contributed by atoms with E-state index in [2.05, 4.69) is 10.3 Å². The lowest BCUT2D eigenvalue weighted by atomic mass is 9.81. The van der Waals surface area contributed by atoms with Gasteiger partial charge in [-0.25, -0.2) is 9.37 Å². The van der Waals surface area contributed by atoms with Crippen molar-refractivity contribution in [1.29, 1.82) is 5.26 Å². The summed E-state index contributed by atoms with van der Waals surface area (Å²) in [5.74, 6) is -2.51. The third kappa shape index (κ3) is 3.89. The molecule has 0 bridgehead atoms. The normalized spacial score (nSPS) is 19.5. The van der Waals surface area contributed by atoms with Crippen LogP contribution in [0.25, 0.3) is 11.3 Å². The first-order chi connectivity index (χ1) is 12.5. The van der Waals surface area contributed by atoms with Crippen molar-refractivity contribution in [3.05, 3.63) is 35.0 Å². The molecule has 1 heterocycles. The van der Waals surface area contributed by atoms with Crippen LogP contribution < -0.4 is 5.32 Å². The van der Waals surface area contributed by atoms with Gasteiger partial charge in [0, 0.05) is 11.5 Å². The summed E-state index contributed by atoms with van der Waals surface area (Å²) in [6.45, 7) is 0. The molecule has 1 saturated carbocycles. The Bertz CT molecular complexity index is 890. The summed E-state index contributed by atoms with van der Waals surface area (Å²) in [4.78, 5) is 28.1. The molecule has 0 spiro atoms. The fourth-order valence-electron chi connectivity index (χ4n) is 3.14. The Morgan fingerprint density at radius 1 is 1.35 bits per heavy atom. The number of carboxylic acid groups (broad SMARTS) is 1. The Balaban J connectivity index is 1.77. The average molecular weight is 373 g/mol. The number of thiazole rings is 1. The van der Waals surface area contributed by atoms with Crippen LogP contribution in [0.3, 0.4) is 0 Å². The van der Waals surface area contributed by atoms with E-state index in [9.17, 15) is 19.2 Å².